The molecule has 0 atom stereocenters. The standard InChI is InChI=1S/C15H8N4S/c1-2-6-10-9(5-1)13-14(18-17-10)19-11-7-3-4-8-12(11)20-15(19)16-13/h1-8H. The molecule has 0 unspecified atom stereocenters. The van der Waals surface area contributed by atoms with Gasteiger partial charge >= 0.3 is 0 Å². The van der Waals surface area contributed by atoms with Crippen molar-refractivity contribution in [2.75, 3.05) is 0 Å². The van der Waals surface area contributed by atoms with Crippen molar-refractivity contribution in [3.8, 4) is 0 Å². The lowest BCUT2D eigenvalue weighted by atomic mass is 10.2. The predicted octanol–water partition coefficient (Wildman–Crippen LogP) is 3.65. The predicted molar refractivity (Wildman–Crippen MR) is 81.2 cm³/mol. The van der Waals surface area contributed by atoms with Crippen molar-refractivity contribution in [2.24, 2.45) is 0 Å². The molecule has 5 heteroatoms. The van der Waals surface area contributed by atoms with Crippen molar-refractivity contribution >= 4 is 48.6 Å². The van der Waals surface area contributed by atoms with Gasteiger partial charge in [-0.25, -0.2) is 4.98 Å². The van der Waals surface area contributed by atoms with E-state index >= 15 is 0 Å². The molecule has 0 radical (unpaired) electrons. The second-order valence-electron chi connectivity index (χ2n) is 4.69. The van der Waals surface area contributed by atoms with Crippen molar-refractivity contribution in [3.63, 3.8) is 0 Å². The largest absolute Gasteiger partial charge is 0.265 e. The van der Waals surface area contributed by atoms with Crippen molar-refractivity contribution in [3.05, 3.63) is 48.5 Å². The summed E-state index contributed by atoms with van der Waals surface area (Å²) in [4.78, 5) is 5.72. The normalized spacial score (nSPS) is 12.0. The van der Waals surface area contributed by atoms with Gasteiger partial charge in [-0.05, 0) is 18.2 Å². The third-order valence-corrected chi connectivity index (χ3v) is 4.56. The fourth-order valence-electron chi connectivity index (χ4n) is 2.64. The highest BCUT2D eigenvalue weighted by molar-refractivity contribution is 7.23. The van der Waals surface area contributed by atoms with Gasteiger partial charge in [0.15, 0.2) is 10.6 Å². The molecular formula is C15H8N4S. The molecule has 20 heavy (non-hydrogen) atoms. The first-order valence-corrected chi connectivity index (χ1v) is 7.14. The Morgan fingerprint density at radius 1 is 0.900 bits per heavy atom. The average molecular weight is 276 g/mol. The van der Waals surface area contributed by atoms with Crippen molar-refractivity contribution in [1.29, 1.82) is 0 Å². The van der Waals surface area contributed by atoms with Crippen molar-refractivity contribution in [1.82, 2.24) is 19.6 Å². The number of fused-ring (bicyclic) bond motifs is 7. The number of benzene rings is 2. The number of nitrogens with zero attached hydrogens (tertiary/aromatic N) is 4. The Hall–Kier alpha value is -2.53. The average Bonchev–Trinajstić information content (AvgIpc) is 3.02. The molecule has 0 amide bonds. The fourth-order valence-corrected chi connectivity index (χ4v) is 3.66. The Kier molecular flexibility index (Phi) is 1.81. The zero-order valence-electron chi connectivity index (χ0n) is 10.3. The minimum Gasteiger partial charge on any atom is -0.265 e. The summed E-state index contributed by atoms with van der Waals surface area (Å²) in [5, 5.41) is 9.74. The van der Waals surface area contributed by atoms with Crippen LogP contribution < -0.4 is 0 Å². The number of para-hydroxylation sites is 1. The number of imidazole rings is 1. The SMILES string of the molecule is c1ccc2c(c1)nnc1c2nc2sc3ccccc3n21. The molecule has 0 bridgehead atoms. The minimum absolute atomic E-state index is 0.830. The van der Waals surface area contributed by atoms with Crippen LogP contribution in [0.15, 0.2) is 48.5 Å². The molecule has 3 aromatic heterocycles. The van der Waals surface area contributed by atoms with E-state index in [2.05, 4.69) is 26.7 Å². The maximum Gasteiger partial charge on any atom is 0.197 e. The van der Waals surface area contributed by atoms with Gasteiger partial charge in [-0.1, -0.05) is 41.7 Å². The summed E-state index contributed by atoms with van der Waals surface area (Å²) in [6.07, 6.45) is 0. The van der Waals surface area contributed by atoms with Gasteiger partial charge < -0.3 is 0 Å². The van der Waals surface area contributed by atoms with Crippen LogP contribution in [0, 0.1) is 0 Å². The smallest absolute Gasteiger partial charge is 0.197 e. The molecule has 0 aliphatic heterocycles. The quantitative estimate of drug-likeness (QED) is 0.433. The third kappa shape index (κ3) is 1.18. The summed E-state index contributed by atoms with van der Waals surface area (Å²) in [6, 6.07) is 16.3. The second kappa shape index (κ2) is 3.52. The molecule has 0 saturated heterocycles. The Labute approximate surface area is 117 Å². The monoisotopic (exact) mass is 276 g/mol. The van der Waals surface area contributed by atoms with Crippen LogP contribution in [0.3, 0.4) is 0 Å². The number of aromatic nitrogens is 4. The summed E-state index contributed by atoms with van der Waals surface area (Å²) in [5.74, 6) is 0. The van der Waals surface area contributed by atoms with Gasteiger partial charge in [-0.3, -0.25) is 4.40 Å². The van der Waals surface area contributed by atoms with E-state index in [1.165, 1.54) is 4.70 Å². The van der Waals surface area contributed by atoms with E-state index in [1.807, 2.05) is 36.4 Å². The summed E-state index contributed by atoms with van der Waals surface area (Å²) in [7, 11) is 0. The number of thiazole rings is 1. The zero-order valence-corrected chi connectivity index (χ0v) is 11.1. The van der Waals surface area contributed by atoms with Gasteiger partial charge in [-0.2, -0.15) is 0 Å². The highest BCUT2D eigenvalue weighted by Crippen LogP contribution is 2.31. The first kappa shape index (κ1) is 10.3. The molecule has 5 rings (SSSR count). The van der Waals surface area contributed by atoms with Crippen LogP contribution in [-0.2, 0) is 0 Å². The molecule has 94 valence electrons. The van der Waals surface area contributed by atoms with E-state index in [4.69, 9.17) is 4.98 Å². The highest BCUT2D eigenvalue weighted by Gasteiger charge is 2.14. The zero-order chi connectivity index (χ0) is 13.1. The maximum absolute atomic E-state index is 4.76. The van der Waals surface area contributed by atoms with Gasteiger partial charge in [-0.15, -0.1) is 10.2 Å². The van der Waals surface area contributed by atoms with E-state index in [0.29, 0.717) is 0 Å². The highest BCUT2D eigenvalue weighted by atomic mass is 32.1. The molecule has 0 N–H and O–H groups in total. The van der Waals surface area contributed by atoms with Gasteiger partial charge in [0.1, 0.15) is 5.52 Å². The number of hydrogen-bond donors (Lipinski definition) is 0. The lowest BCUT2D eigenvalue weighted by molar-refractivity contribution is 1.09. The summed E-state index contributed by atoms with van der Waals surface area (Å²) in [5.41, 5.74) is 3.78. The molecule has 0 fully saturated rings. The van der Waals surface area contributed by atoms with Gasteiger partial charge in [0.25, 0.3) is 0 Å². The van der Waals surface area contributed by atoms with E-state index in [9.17, 15) is 0 Å². The van der Waals surface area contributed by atoms with E-state index in [-0.39, 0.29) is 0 Å². The molecule has 2 aromatic carbocycles. The Balaban J connectivity index is 2.10. The van der Waals surface area contributed by atoms with Crippen LogP contribution in [0.25, 0.3) is 37.2 Å². The lowest BCUT2D eigenvalue weighted by Crippen LogP contribution is -1.89. The number of rotatable bonds is 0. The summed E-state index contributed by atoms with van der Waals surface area (Å²) >= 11 is 1.68. The van der Waals surface area contributed by atoms with E-state index in [0.717, 1.165) is 32.5 Å². The second-order valence-corrected chi connectivity index (χ2v) is 5.70. The van der Waals surface area contributed by atoms with Crippen LogP contribution in [0.4, 0.5) is 0 Å². The topological polar surface area (TPSA) is 43.1 Å². The maximum atomic E-state index is 4.76. The van der Waals surface area contributed by atoms with Gasteiger partial charge in [0.2, 0.25) is 0 Å². The molecule has 0 aliphatic carbocycles. The summed E-state index contributed by atoms with van der Waals surface area (Å²) in [6.45, 7) is 0. The molecule has 3 heterocycles. The fraction of sp³-hybridized carbons (Fsp3) is 0. The lowest BCUT2D eigenvalue weighted by Gasteiger charge is -1.97. The molecule has 5 aromatic rings. The van der Waals surface area contributed by atoms with Crippen molar-refractivity contribution < 1.29 is 0 Å². The molecule has 0 aliphatic rings. The molecular weight excluding hydrogens is 268 g/mol. The molecule has 0 spiro atoms. The van der Waals surface area contributed by atoms with Gasteiger partial charge in [0, 0.05) is 5.39 Å². The van der Waals surface area contributed by atoms with Crippen LogP contribution in [0.5, 0.6) is 0 Å². The van der Waals surface area contributed by atoms with Crippen LogP contribution in [0.1, 0.15) is 0 Å². The van der Waals surface area contributed by atoms with Gasteiger partial charge in [0.05, 0.1) is 15.7 Å². The Morgan fingerprint density at radius 3 is 2.75 bits per heavy atom. The molecule has 0 saturated carbocycles. The third-order valence-electron chi connectivity index (χ3n) is 3.54. The van der Waals surface area contributed by atoms with Crippen molar-refractivity contribution in [2.45, 2.75) is 0 Å². The summed E-state index contributed by atoms with van der Waals surface area (Å²) < 4.78 is 3.31. The van der Waals surface area contributed by atoms with E-state index in [1.54, 1.807) is 11.3 Å². The van der Waals surface area contributed by atoms with E-state index < -0.39 is 0 Å². The Morgan fingerprint density at radius 2 is 1.75 bits per heavy atom. The first-order valence-electron chi connectivity index (χ1n) is 6.33. The molecule has 4 nitrogen and oxygen atoms in total. The van der Waals surface area contributed by atoms with Crippen LogP contribution in [-0.4, -0.2) is 19.6 Å². The Bertz CT molecular complexity index is 1070. The number of hydrogen-bond acceptors (Lipinski definition) is 4. The van der Waals surface area contributed by atoms with Crippen LogP contribution in [0.2, 0.25) is 0 Å². The minimum atomic E-state index is 0.830. The first-order chi connectivity index (χ1) is 9.92. The van der Waals surface area contributed by atoms with Crippen LogP contribution >= 0.6 is 11.3 Å².